The summed E-state index contributed by atoms with van der Waals surface area (Å²) in [4.78, 5) is 16.1. The number of aromatic hydroxyl groups is 1. The SMILES string of the molecule is CC.CC.O=C(Cl)c1c(O)c(-c2ccccc2)nc2ccccc12. The van der Waals surface area contributed by atoms with Gasteiger partial charge in [-0.1, -0.05) is 76.2 Å². The Morgan fingerprint density at radius 2 is 1.46 bits per heavy atom. The Balaban J connectivity index is 0.000000671. The monoisotopic (exact) mass is 343 g/mol. The summed E-state index contributed by atoms with van der Waals surface area (Å²) in [7, 11) is 0. The van der Waals surface area contributed by atoms with Gasteiger partial charge in [0.1, 0.15) is 5.69 Å². The Morgan fingerprint density at radius 1 is 0.917 bits per heavy atom. The molecule has 3 nitrogen and oxygen atoms in total. The minimum absolute atomic E-state index is 0.0936. The molecule has 0 saturated heterocycles. The molecule has 0 amide bonds. The van der Waals surface area contributed by atoms with Gasteiger partial charge in [0, 0.05) is 10.9 Å². The molecule has 0 radical (unpaired) electrons. The first-order valence-electron chi connectivity index (χ1n) is 8.05. The zero-order valence-corrected chi connectivity index (χ0v) is 15.1. The number of nitrogens with zero attached hydrogens (tertiary/aromatic N) is 1. The molecule has 0 saturated carbocycles. The molecule has 1 aromatic heterocycles. The fourth-order valence-electron chi connectivity index (χ4n) is 2.20. The normalized spacial score (nSPS) is 9.38. The number of para-hydroxylation sites is 1. The van der Waals surface area contributed by atoms with E-state index in [0.29, 0.717) is 16.6 Å². The van der Waals surface area contributed by atoms with Gasteiger partial charge in [-0.3, -0.25) is 4.79 Å². The molecule has 0 aliphatic heterocycles. The molecule has 2 aromatic carbocycles. The topological polar surface area (TPSA) is 50.2 Å². The van der Waals surface area contributed by atoms with Gasteiger partial charge in [0.05, 0.1) is 11.1 Å². The Bertz CT molecular complexity index is 801. The maximum atomic E-state index is 11.6. The molecular weight excluding hydrogens is 322 g/mol. The molecule has 0 atom stereocenters. The Hall–Kier alpha value is -2.39. The quantitative estimate of drug-likeness (QED) is 0.577. The van der Waals surface area contributed by atoms with Crippen LogP contribution in [0.4, 0.5) is 0 Å². The molecule has 3 aromatic rings. The van der Waals surface area contributed by atoms with Crippen molar-refractivity contribution in [2.45, 2.75) is 27.7 Å². The van der Waals surface area contributed by atoms with E-state index < -0.39 is 5.24 Å². The van der Waals surface area contributed by atoms with Crippen LogP contribution in [0.25, 0.3) is 22.2 Å². The van der Waals surface area contributed by atoms with Gasteiger partial charge in [-0.25, -0.2) is 4.98 Å². The van der Waals surface area contributed by atoms with Crippen molar-refractivity contribution < 1.29 is 9.90 Å². The van der Waals surface area contributed by atoms with Crippen molar-refractivity contribution in [3.05, 3.63) is 60.2 Å². The highest BCUT2D eigenvalue weighted by atomic mass is 35.5. The Labute approximate surface area is 147 Å². The smallest absolute Gasteiger partial charge is 0.256 e. The molecule has 0 unspecified atom stereocenters. The lowest BCUT2D eigenvalue weighted by Crippen LogP contribution is -1.97. The average molecular weight is 344 g/mol. The van der Waals surface area contributed by atoms with E-state index in [2.05, 4.69) is 4.98 Å². The second kappa shape index (κ2) is 9.68. The fourth-order valence-corrected chi connectivity index (χ4v) is 2.39. The van der Waals surface area contributed by atoms with Crippen molar-refractivity contribution in [2.24, 2.45) is 0 Å². The molecular formula is C20H22ClNO2. The minimum Gasteiger partial charge on any atom is -0.505 e. The number of hydrogen-bond donors (Lipinski definition) is 1. The highest BCUT2D eigenvalue weighted by Crippen LogP contribution is 2.35. The highest BCUT2D eigenvalue weighted by molar-refractivity contribution is 6.69. The molecule has 0 spiro atoms. The minimum atomic E-state index is -0.696. The van der Waals surface area contributed by atoms with Crippen molar-refractivity contribution in [2.75, 3.05) is 0 Å². The predicted molar refractivity (Wildman–Crippen MR) is 102 cm³/mol. The largest absolute Gasteiger partial charge is 0.505 e. The van der Waals surface area contributed by atoms with Crippen LogP contribution in [0, 0.1) is 0 Å². The molecule has 0 aliphatic carbocycles. The predicted octanol–water partition coefficient (Wildman–Crippen LogP) is 6.04. The zero-order chi connectivity index (χ0) is 18.1. The van der Waals surface area contributed by atoms with Crippen LogP contribution in [0.5, 0.6) is 5.75 Å². The van der Waals surface area contributed by atoms with Crippen LogP contribution < -0.4 is 0 Å². The molecule has 126 valence electrons. The van der Waals surface area contributed by atoms with Gasteiger partial charge in [0.25, 0.3) is 5.24 Å². The van der Waals surface area contributed by atoms with E-state index in [1.54, 1.807) is 18.2 Å². The molecule has 24 heavy (non-hydrogen) atoms. The van der Waals surface area contributed by atoms with Crippen LogP contribution in [0.1, 0.15) is 38.1 Å². The van der Waals surface area contributed by atoms with E-state index >= 15 is 0 Å². The van der Waals surface area contributed by atoms with Gasteiger partial charge in [0.2, 0.25) is 0 Å². The lowest BCUT2D eigenvalue weighted by molar-refractivity contribution is 0.108. The summed E-state index contributed by atoms with van der Waals surface area (Å²) >= 11 is 5.62. The van der Waals surface area contributed by atoms with Crippen LogP contribution in [0.15, 0.2) is 54.6 Å². The van der Waals surface area contributed by atoms with E-state index in [1.165, 1.54) is 0 Å². The molecule has 1 heterocycles. The van der Waals surface area contributed by atoms with E-state index in [4.69, 9.17) is 11.6 Å². The standard InChI is InChI=1S/C16H10ClNO2.2C2H6/c17-16(20)13-11-8-4-5-9-12(11)18-14(15(13)19)10-6-2-1-3-7-10;2*1-2/h1-9,19H;2*1-2H3. The number of carbonyl (C=O) groups excluding carboxylic acids is 1. The summed E-state index contributed by atoms with van der Waals surface area (Å²) in [5, 5.41) is 10.2. The van der Waals surface area contributed by atoms with Crippen LogP contribution in [-0.2, 0) is 0 Å². The van der Waals surface area contributed by atoms with E-state index in [-0.39, 0.29) is 11.3 Å². The van der Waals surface area contributed by atoms with E-state index in [0.717, 1.165) is 5.56 Å². The zero-order valence-electron chi connectivity index (χ0n) is 14.4. The van der Waals surface area contributed by atoms with Crippen LogP contribution in [0.2, 0.25) is 0 Å². The molecule has 0 bridgehead atoms. The first kappa shape index (κ1) is 19.7. The van der Waals surface area contributed by atoms with Crippen molar-refractivity contribution in [3.63, 3.8) is 0 Å². The number of aromatic nitrogens is 1. The lowest BCUT2D eigenvalue weighted by Gasteiger charge is -2.10. The van der Waals surface area contributed by atoms with Gasteiger partial charge in [-0.05, 0) is 17.7 Å². The molecule has 3 rings (SSSR count). The summed E-state index contributed by atoms with van der Waals surface area (Å²) in [5.41, 5.74) is 1.80. The average Bonchev–Trinajstić information content (AvgIpc) is 2.65. The number of pyridine rings is 1. The van der Waals surface area contributed by atoms with Gasteiger partial charge in [-0.2, -0.15) is 0 Å². The van der Waals surface area contributed by atoms with Crippen molar-refractivity contribution in [1.29, 1.82) is 0 Å². The third-order valence-corrected chi connectivity index (χ3v) is 3.30. The van der Waals surface area contributed by atoms with Gasteiger partial charge in [0.15, 0.2) is 5.75 Å². The molecule has 0 aliphatic rings. The first-order valence-corrected chi connectivity index (χ1v) is 8.43. The Morgan fingerprint density at radius 3 is 2.04 bits per heavy atom. The van der Waals surface area contributed by atoms with Gasteiger partial charge in [-0.15, -0.1) is 0 Å². The first-order chi connectivity index (χ1) is 11.7. The maximum Gasteiger partial charge on any atom is 0.256 e. The number of rotatable bonds is 2. The second-order valence-corrected chi connectivity index (χ2v) is 4.68. The highest BCUT2D eigenvalue weighted by Gasteiger charge is 2.19. The van der Waals surface area contributed by atoms with Crippen molar-refractivity contribution >= 4 is 27.7 Å². The molecule has 1 N–H and O–H groups in total. The summed E-state index contributed by atoms with van der Waals surface area (Å²) in [6.07, 6.45) is 0. The van der Waals surface area contributed by atoms with Crippen molar-refractivity contribution in [3.8, 4) is 17.0 Å². The second-order valence-electron chi connectivity index (χ2n) is 4.34. The maximum absolute atomic E-state index is 11.6. The van der Waals surface area contributed by atoms with Gasteiger partial charge >= 0.3 is 0 Å². The van der Waals surface area contributed by atoms with Crippen molar-refractivity contribution in [1.82, 2.24) is 4.98 Å². The van der Waals surface area contributed by atoms with Crippen LogP contribution in [0.3, 0.4) is 0 Å². The van der Waals surface area contributed by atoms with Gasteiger partial charge < -0.3 is 5.11 Å². The number of halogens is 1. The number of carbonyl (C=O) groups is 1. The van der Waals surface area contributed by atoms with E-state index in [9.17, 15) is 9.90 Å². The third-order valence-electron chi connectivity index (χ3n) is 3.11. The molecule has 4 heteroatoms. The summed E-state index contributed by atoms with van der Waals surface area (Å²) < 4.78 is 0. The molecule has 0 fully saturated rings. The number of fused-ring (bicyclic) bond motifs is 1. The number of benzene rings is 2. The summed E-state index contributed by atoms with van der Waals surface area (Å²) in [6, 6.07) is 16.3. The fraction of sp³-hybridized carbons (Fsp3) is 0.200. The third kappa shape index (κ3) is 4.12. The van der Waals surface area contributed by atoms with Crippen LogP contribution in [-0.4, -0.2) is 15.3 Å². The van der Waals surface area contributed by atoms with Crippen LogP contribution >= 0.6 is 11.6 Å². The Kier molecular flexibility index (Phi) is 7.93. The summed E-state index contributed by atoms with van der Waals surface area (Å²) in [6.45, 7) is 8.00. The summed E-state index contributed by atoms with van der Waals surface area (Å²) in [5.74, 6) is -0.185. The lowest BCUT2D eigenvalue weighted by atomic mass is 10.0. The van der Waals surface area contributed by atoms with E-state index in [1.807, 2.05) is 64.1 Å². The number of hydrogen-bond acceptors (Lipinski definition) is 3.